The van der Waals surface area contributed by atoms with Crippen molar-refractivity contribution in [3.8, 4) is 67.5 Å². The summed E-state index contributed by atoms with van der Waals surface area (Å²) in [4.78, 5) is 0. The normalized spacial score (nSPS) is 11.7. The Hall–Kier alpha value is -15.2. The van der Waals surface area contributed by atoms with E-state index in [2.05, 4.69) is 464 Å². The van der Waals surface area contributed by atoms with E-state index in [-0.39, 0.29) is 0 Å². The number of hydrogen-bond acceptors (Lipinski definition) is 0. The highest BCUT2D eigenvalue weighted by Gasteiger charge is 2.25. The molecule has 6 heterocycles. The fourth-order valence-electron chi connectivity index (χ4n) is 18.1. The summed E-state index contributed by atoms with van der Waals surface area (Å²) in [6, 6.07) is 157. The highest BCUT2D eigenvalue weighted by Crippen LogP contribution is 2.46. The van der Waals surface area contributed by atoms with Gasteiger partial charge in [-0.15, -0.1) is 0 Å². The van der Waals surface area contributed by atoms with E-state index in [9.17, 15) is 0 Å². The predicted octanol–water partition coefficient (Wildman–Crippen LogP) is 28.6. The van der Waals surface area contributed by atoms with Crippen LogP contribution in [0.1, 0.15) is 0 Å². The Labute approximate surface area is 658 Å². The molecule has 6 heteroatoms. The molecule has 6 aromatic heterocycles. The average molecular weight is 1450 g/mol. The maximum absolute atomic E-state index is 2.44. The van der Waals surface area contributed by atoms with Crippen molar-refractivity contribution in [2.24, 2.45) is 0 Å². The number of hydrogen-bond donors (Lipinski definition) is 0. The Morgan fingerprint density at radius 2 is 0.333 bits per heavy atom. The zero-order valence-electron chi connectivity index (χ0n) is 62.3. The van der Waals surface area contributed by atoms with Gasteiger partial charge in [0.2, 0.25) is 0 Å². The van der Waals surface area contributed by atoms with E-state index in [0.29, 0.717) is 0 Å². The van der Waals surface area contributed by atoms with Gasteiger partial charge in [-0.1, -0.05) is 303 Å². The van der Waals surface area contributed by atoms with Crippen molar-refractivity contribution in [2.75, 3.05) is 0 Å². The number of aromatic nitrogens is 6. The standard InChI is InChI=1S/3C36H24N2/c1-3-11-25(12-4-1)26-19-21-28(22-20-26)38-34-18-10-8-16-30(34)32-23-31-29-15-7-9-17-33(29)37(35(31)24-36(32)38)27-13-5-2-6-14-27;1-3-11-25(12-4-1)26-19-21-28(22-20-26)38-34-18-10-8-16-30(34)32-24-23-31-29-15-7-9-17-33(29)37(35(31)36(32)38)27-13-5-2-6-14-27;1-3-11-25(12-4-1)26-19-21-28(22-20-26)38-32-18-10-8-16-30(32)36-34(38)24-23-33-35(36)29-15-7-9-17-31(29)37(33)27-13-5-2-6-14-27/h3*1-24H. The van der Waals surface area contributed by atoms with Crippen LogP contribution in [-0.2, 0) is 0 Å². The Kier molecular flexibility index (Phi) is 15.8. The molecule has 0 radical (unpaired) electrons. The van der Waals surface area contributed by atoms with Crippen molar-refractivity contribution >= 4 is 131 Å². The lowest BCUT2D eigenvalue weighted by Gasteiger charge is -2.13. The van der Waals surface area contributed by atoms with Gasteiger partial charge in [0.15, 0.2) is 0 Å². The Morgan fingerprint density at radius 3 is 0.658 bits per heavy atom. The molecule has 0 bridgehead atoms. The van der Waals surface area contributed by atoms with E-state index in [1.165, 1.54) is 187 Å². The van der Waals surface area contributed by atoms with Crippen molar-refractivity contribution in [3.63, 3.8) is 0 Å². The van der Waals surface area contributed by atoms with E-state index >= 15 is 0 Å². The van der Waals surface area contributed by atoms with Gasteiger partial charge in [0.1, 0.15) is 0 Å². The summed E-state index contributed by atoms with van der Waals surface area (Å²) in [5, 5.41) is 15.3. The van der Waals surface area contributed by atoms with E-state index in [1.807, 2.05) is 0 Å². The SMILES string of the molecule is c1ccc(-c2ccc(-n3c4ccccc4c4c5c6ccccc6n(-c6ccccc6)c5ccc43)cc2)cc1.c1ccc(-c2ccc(-n3c4ccccc4c4cc5c6ccccc6n(-c6ccccc6)c5cc43)cc2)cc1.c1ccc(-c2ccc(-n3c4ccccc4c4ccc5c6ccccc6n(-c6ccccc6)c5c43)cc2)cc1. The molecule has 0 atom stereocenters. The summed E-state index contributed by atoms with van der Waals surface area (Å²) in [6.45, 7) is 0. The van der Waals surface area contributed by atoms with Crippen molar-refractivity contribution in [1.82, 2.24) is 27.4 Å². The molecular weight excluding hydrogens is 1380 g/mol. The van der Waals surface area contributed by atoms with Crippen LogP contribution in [0, 0.1) is 0 Å². The first kappa shape index (κ1) is 65.8. The summed E-state index contributed by atoms with van der Waals surface area (Å²) in [7, 11) is 0. The molecule has 534 valence electrons. The second-order valence-electron chi connectivity index (χ2n) is 29.5. The fourth-order valence-corrected chi connectivity index (χ4v) is 18.1. The van der Waals surface area contributed by atoms with Gasteiger partial charge in [-0.2, -0.15) is 0 Å². The summed E-state index contributed by atoms with van der Waals surface area (Å²) < 4.78 is 14.5. The molecule has 6 nitrogen and oxygen atoms in total. The Balaban J connectivity index is 0.000000104. The molecule has 0 aliphatic carbocycles. The third kappa shape index (κ3) is 10.8. The molecule has 0 fully saturated rings. The van der Waals surface area contributed by atoms with Crippen molar-refractivity contribution < 1.29 is 0 Å². The predicted molar refractivity (Wildman–Crippen MR) is 482 cm³/mol. The molecule has 18 aromatic carbocycles. The van der Waals surface area contributed by atoms with Gasteiger partial charge in [-0.25, -0.2) is 0 Å². The molecule has 114 heavy (non-hydrogen) atoms. The Bertz CT molecular complexity index is 7760. The topological polar surface area (TPSA) is 29.6 Å². The van der Waals surface area contributed by atoms with Gasteiger partial charge >= 0.3 is 0 Å². The van der Waals surface area contributed by atoms with Crippen LogP contribution in [0.4, 0.5) is 0 Å². The maximum atomic E-state index is 2.44. The minimum atomic E-state index is 1.16. The molecule has 0 aliphatic rings. The van der Waals surface area contributed by atoms with Crippen LogP contribution in [0.25, 0.3) is 198 Å². The molecule has 24 aromatic rings. The number of nitrogens with zero attached hydrogens (tertiary/aromatic N) is 6. The van der Waals surface area contributed by atoms with E-state index in [4.69, 9.17) is 0 Å². The minimum Gasteiger partial charge on any atom is -0.309 e. The lowest BCUT2D eigenvalue weighted by atomic mass is 10.1. The molecule has 24 rings (SSSR count). The van der Waals surface area contributed by atoms with Crippen LogP contribution in [0.3, 0.4) is 0 Å². The van der Waals surface area contributed by atoms with Crippen molar-refractivity contribution in [2.45, 2.75) is 0 Å². The van der Waals surface area contributed by atoms with Crippen LogP contribution in [-0.4, -0.2) is 27.4 Å². The van der Waals surface area contributed by atoms with Gasteiger partial charge in [0.05, 0.1) is 66.2 Å². The first-order chi connectivity index (χ1) is 56.6. The van der Waals surface area contributed by atoms with Gasteiger partial charge in [-0.3, -0.25) is 0 Å². The van der Waals surface area contributed by atoms with Gasteiger partial charge in [0.25, 0.3) is 0 Å². The van der Waals surface area contributed by atoms with E-state index < -0.39 is 0 Å². The largest absolute Gasteiger partial charge is 0.309 e. The zero-order chi connectivity index (χ0) is 75.2. The lowest BCUT2D eigenvalue weighted by Crippen LogP contribution is -1.98. The van der Waals surface area contributed by atoms with Crippen LogP contribution in [0.5, 0.6) is 0 Å². The maximum Gasteiger partial charge on any atom is 0.0788 e. The second kappa shape index (κ2) is 27.4. The van der Waals surface area contributed by atoms with Gasteiger partial charge in [0, 0.05) is 98.8 Å². The number of rotatable bonds is 9. The molecule has 0 spiro atoms. The molecule has 0 unspecified atom stereocenters. The first-order valence-corrected chi connectivity index (χ1v) is 39.1. The van der Waals surface area contributed by atoms with E-state index in [1.54, 1.807) is 0 Å². The van der Waals surface area contributed by atoms with Gasteiger partial charge < -0.3 is 27.4 Å². The van der Waals surface area contributed by atoms with Crippen LogP contribution < -0.4 is 0 Å². The molecule has 0 N–H and O–H groups in total. The third-order valence-corrected chi connectivity index (χ3v) is 23.1. The van der Waals surface area contributed by atoms with Gasteiger partial charge in [-0.05, 0) is 167 Å². The number of fused-ring (bicyclic) bond motifs is 20. The van der Waals surface area contributed by atoms with Crippen LogP contribution in [0.15, 0.2) is 437 Å². The molecule has 0 aliphatic heterocycles. The average Bonchev–Trinajstić information content (AvgIpc) is 1.55. The number of para-hydroxylation sites is 9. The smallest absolute Gasteiger partial charge is 0.0788 e. The van der Waals surface area contributed by atoms with Crippen molar-refractivity contribution in [1.29, 1.82) is 0 Å². The highest BCUT2D eigenvalue weighted by molar-refractivity contribution is 6.29. The van der Waals surface area contributed by atoms with Crippen LogP contribution in [0.2, 0.25) is 0 Å². The molecule has 0 saturated carbocycles. The number of benzene rings is 18. The fraction of sp³-hybridized carbons (Fsp3) is 0. The van der Waals surface area contributed by atoms with E-state index in [0.717, 1.165) is 11.4 Å². The van der Waals surface area contributed by atoms with Crippen molar-refractivity contribution in [3.05, 3.63) is 437 Å². The summed E-state index contributed by atoms with van der Waals surface area (Å²) in [6.07, 6.45) is 0. The first-order valence-electron chi connectivity index (χ1n) is 39.1. The van der Waals surface area contributed by atoms with Crippen LogP contribution >= 0.6 is 0 Å². The summed E-state index contributed by atoms with van der Waals surface area (Å²) in [5.41, 5.74) is 29.1. The summed E-state index contributed by atoms with van der Waals surface area (Å²) in [5.74, 6) is 0. The summed E-state index contributed by atoms with van der Waals surface area (Å²) >= 11 is 0. The molecule has 0 saturated heterocycles. The highest BCUT2D eigenvalue weighted by atomic mass is 15.1. The molecular formula is C108H72N6. The second-order valence-corrected chi connectivity index (χ2v) is 29.5. The lowest BCUT2D eigenvalue weighted by molar-refractivity contribution is 1.15. The quantitative estimate of drug-likeness (QED) is 0.138. The zero-order valence-corrected chi connectivity index (χ0v) is 62.3. The molecule has 0 amide bonds. The minimum absolute atomic E-state index is 1.16. The third-order valence-electron chi connectivity index (χ3n) is 23.1. The monoisotopic (exact) mass is 1450 g/mol. The Morgan fingerprint density at radius 1 is 0.114 bits per heavy atom.